The first kappa shape index (κ1) is 10.9. The van der Waals surface area contributed by atoms with E-state index in [4.69, 9.17) is 5.73 Å². The number of nitrogens with two attached hydrogens (primary N) is 1. The fourth-order valence-corrected chi connectivity index (χ4v) is 1.27. The molecule has 1 aromatic rings. The Hall–Kier alpha value is -1.16. The Bertz CT molecular complexity index is 293. The van der Waals surface area contributed by atoms with Crippen molar-refractivity contribution in [1.29, 1.82) is 0 Å². The van der Waals surface area contributed by atoms with Gasteiger partial charge in [0.15, 0.2) is 5.78 Å². The Morgan fingerprint density at radius 1 is 1.64 bits per heavy atom. The number of nitrogens with zero attached hydrogens (tertiary/aromatic N) is 2. The van der Waals surface area contributed by atoms with Gasteiger partial charge < -0.3 is 5.73 Å². The smallest absolute Gasteiger partial charge is 0.166 e. The Kier molecular flexibility index (Phi) is 4.32. The maximum Gasteiger partial charge on any atom is 0.166 e. The number of hydrogen-bond donors (Lipinski definition) is 1. The van der Waals surface area contributed by atoms with Crippen molar-refractivity contribution >= 4 is 5.78 Å². The van der Waals surface area contributed by atoms with E-state index in [-0.39, 0.29) is 5.78 Å². The van der Waals surface area contributed by atoms with Crippen molar-refractivity contribution in [1.82, 2.24) is 9.78 Å². The summed E-state index contributed by atoms with van der Waals surface area (Å²) in [4.78, 5) is 11.5. The molecule has 0 saturated heterocycles. The number of hydrogen-bond acceptors (Lipinski definition) is 3. The van der Waals surface area contributed by atoms with Gasteiger partial charge in [0, 0.05) is 19.2 Å². The molecule has 1 rings (SSSR count). The fourth-order valence-electron chi connectivity index (χ4n) is 1.27. The summed E-state index contributed by atoms with van der Waals surface area (Å²) < 4.78 is 1.80. The Morgan fingerprint density at radius 3 is 3.07 bits per heavy atom. The molecule has 14 heavy (non-hydrogen) atoms. The van der Waals surface area contributed by atoms with Gasteiger partial charge in [-0.2, -0.15) is 5.10 Å². The van der Waals surface area contributed by atoms with Gasteiger partial charge in [0.05, 0.1) is 11.8 Å². The Labute approximate surface area is 84.1 Å². The van der Waals surface area contributed by atoms with Crippen LogP contribution in [-0.4, -0.2) is 22.1 Å². The van der Waals surface area contributed by atoms with Crippen LogP contribution >= 0.6 is 0 Å². The van der Waals surface area contributed by atoms with Crippen LogP contribution in [0.3, 0.4) is 0 Å². The molecule has 4 heteroatoms. The number of ketones is 1. The molecule has 0 radical (unpaired) electrons. The number of carbonyl (C=O) groups is 1. The van der Waals surface area contributed by atoms with Gasteiger partial charge >= 0.3 is 0 Å². The third kappa shape index (κ3) is 2.96. The molecule has 1 aromatic heterocycles. The van der Waals surface area contributed by atoms with E-state index in [1.807, 2.05) is 6.20 Å². The summed E-state index contributed by atoms with van der Waals surface area (Å²) in [6.45, 7) is 3.51. The van der Waals surface area contributed by atoms with Crippen molar-refractivity contribution in [3.63, 3.8) is 0 Å². The van der Waals surface area contributed by atoms with Gasteiger partial charge in [-0.15, -0.1) is 0 Å². The van der Waals surface area contributed by atoms with Crippen LogP contribution in [0.25, 0.3) is 0 Å². The highest BCUT2D eigenvalue weighted by molar-refractivity contribution is 5.95. The van der Waals surface area contributed by atoms with Crippen LogP contribution in [0, 0.1) is 0 Å². The first-order valence-electron chi connectivity index (χ1n) is 5.03. The summed E-state index contributed by atoms with van der Waals surface area (Å²) >= 11 is 0. The van der Waals surface area contributed by atoms with Gasteiger partial charge in [0.2, 0.25) is 0 Å². The largest absolute Gasteiger partial charge is 0.330 e. The zero-order chi connectivity index (χ0) is 10.4. The lowest BCUT2D eigenvalue weighted by molar-refractivity contribution is 0.0980. The second-order valence-corrected chi connectivity index (χ2v) is 3.31. The monoisotopic (exact) mass is 195 g/mol. The first-order chi connectivity index (χ1) is 6.77. The van der Waals surface area contributed by atoms with Crippen molar-refractivity contribution in [3.05, 3.63) is 18.0 Å². The third-order valence-electron chi connectivity index (χ3n) is 2.02. The molecule has 0 unspecified atom stereocenters. The van der Waals surface area contributed by atoms with E-state index in [2.05, 4.69) is 12.0 Å². The summed E-state index contributed by atoms with van der Waals surface area (Å²) in [6.07, 6.45) is 5.74. The van der Waals surface area contributed by atoms with Crippen LogP contribution in [0.15, 0.2) is 12.4 Å². The maximum absolute atomic E-state index is 11.5. The average molecular weight is 195 g/mol. The van der Waals surface area contributed by atoms with E-state index in [1.165, 1.54) is 0 Å². The standard InChI is InChI=1S/C10H17N3O/c1-2-6-13-8-9(7-12-13)10(14)4-3-5-11/h7-8H,2-6,11H2,1H3. The molecule has 0 saturated carbocycles. The Morgan fingerprint density at radius 2 is 2.43 bits per heavy atom. The maximum atomic E-state index is 11.5. The van der Waals surface area contributed by atoms with E-state index in [0.717, 1.165) is 19.4 Å². The molecule has 0 amide bonds. The van der Waals surface area contributed by atoms with Gasteiger partial charge in [-0.1, -0.05) is 6.92 Å². The number of rotatable bonds is 6. The lowest BCUT2D eigenvalue weighted by Crippen LogP contribution is -2.04. The number of aromatic nitrogens is 2. The van der Waals surface area contributed by atoms with Crippen LogP contribution in [-0.2, 0) is 6.54 Å². The molecule has 0 atom stereocenters. The predicted molar refractivity (Wildman–Crippen MR) is 55.1 cm³/mol. The summed E-state index contributed by atoms with van der Waals surface area (Å²) in [6, 6.07) is 0. The molecule has 0 spiro atoms. The molecule has 1 heterocycles. The van der Waals surface area contributed by atoms with E-state index >= 15 is 0 Å². The molecule has 0 bridgehead atoms. The van der Waals surface area contributed by atoms with Crippen LogP contribution < -0.4 is 5.73 Å². The molecule has 0 aromatic carbocycles. The number of carbonyl (C=O) groups excluding carboxylic acids is 1. The van der Waals surface area contributed by atoms with Gasteiger partial charge in [0.25, 0.3) is 0 Å². The quantitative estimate of drug-likeness (QED) is 0.694. The molecular weight excluding hydrogens is 178 g/mol. The van der Waals surface area contributed by atoms with E-state index in [0.29, 0.717) is 18.5 Å². The minimum Gasteiger partial charge on any atom is -0.330 e. The second-order valence-electron chi connectivity index (χ2n) is 3.31. The zero-order valence-corrected chi connectivity index (χ0v) is 8.57. The normalized spacial score (nSPS) is 10.4. The molecular formula is C10H17N3O. The van der Waals surface area contributed by atoms with E-state index in [1.54, 1.807) is 10.9 Å². The zero-order valence-electron chi connectivity index (χ0n) is 8.57. The minimum atomic E-state index is 0.137. The predicted octanol–water partition coefficient (Wildman–Crippen LogP) is 1.21. The molecule has 0 aliphatic rings. The summed E-state index contributed by atoms with van der Waals surface area (Å²) in [5, 5.41) is 4.10. The molecule has 78 valence electrons. The molecule has 2 N–H and O–H groups in total. The summed E-state index contributed by atoms with van der Waals surface area (Å²) in [5.41, 5.74) is 6.04. The van der Waals surface area contributed by atoms with Gasteiger partial charge in [-0.3, -0.25) is 9.48 Å². The van der Waals surface area contributed by atoms with Crippen LogP contribution in [0.5, 0.6) is 0 Å². The van der Waals surface area contributed by atoms with E-state index in [9.17, 15) is 4.79 Å². The van der Waals surface area contributed by atoms with Crippen molar-refractivity contribution in [2.45, 2.75) is 32.7 Å². The highest BCUT2D eigenvalue weighted by Crippen LogP contribution is 2.04. The van der Waals surface area contributed by atoms with Gasteiger partial charge in [-0.05, 0) is 19.4 Å². The highest BCUT2D eigenvalue weighted by Gasteiger charge is 2.07. The average Bonchev–Trinajstić information content (AvgIpc) is 2.63. The summed E-state index contributed by atoms with van der Waals surface area (Å²) in [5.74, 6) is 0.137. The molecule has 4 nitrogen and oxygen atoms in total. The SMILES string of the molecule is CCCn1cc(C(=O)CCCN)cn1. The van der Waals surface area contributed by atoms with Crippen molar-refractivity contribution in [2.75, 3.05) is 6.54 Å². The highest BCUT2D eigenvalue weighted by atomic mass is 16.1. The number of aryl methyl sites for hydroxylation is 1. The van der Waals surface area contributed by atoms with E-state index < -0.39 is 0 Å². The van der Waals surface area contributed by atoms with Crippen LogP contribution in [0.4, 0.5) is 0 Å². The van der Waals surface area contributed by atoms with Crippen LogP contribution in [0.2, 0.25) is 0 Å². The van der Waals surface area contributed by atoms with Crippen LogP contribution in [0.1, 0.15) is 36.5 Å². The summed E-state index contributed by atoms with van der Waals surface area (Å²) in [7, 11) is 0. The Balaban J connectivity index is 2.53. The van der Waals surface area contributed by atoms with Gasteiger partial charge in [-0.25, -0.2) is 0 Å². The minimum absolute atomic E-state index is 0.137. The van der Waals surface area contributed by atoms with Gasteiger partial charge in [0.1, 0.15) is 0 Å². The van der Waals surface area contributed by atoms with Crippen molar-refractivity contribution < 1.29 is 4.79 Å². The lowest BCUT2D eigenvalue weighted by atomic mass is 10.1. The topological polar surface area (TPSA) is 60.9 Å². The molecule has 0 aliphatic carbocycles. The molecule has 0 aliphatic heterocycles. The first-order valence-corrected chi connectivity index (χ1v) is 5.03. The fraction of sp³-hybridized carbons (Fsp3) is 0.600. The second kappa shape index (κ2) is 5.54. The van der Waals surface area contributed by atoms with Crippen molar-refractivity contribution in [2.24, 2.45) is 5.73 Å². The lowest BCUT2D eigenvalue weighted by Gasteiger charge is -1.96. The number of Topliss-reactive ketones (excluding diaryl/α,β-unsaturated/α-hetero) is 1. The molecule has 0 fully saturated rings. The third-order valence-corrected chi connectivity index (χ3v) is 2.02. The van der Waals surface area contributed by atoms with Crippen molar-refractivity contribution in [3.8, 4) is 0 Å².